The van der Waals surface area contributed by atoms with Crippen molar-refractivity contribution in [2.75, 3.05) is 43.1 Å². The Morgan fingerprint density at radius 3 is 1.97 bits per heavy atom. The molecule has 0 saturated carbocycles. The maximum absolute atomic E-state index is 12.4. The molecule has 2 heterocycles. The van der Waals surface area contributed by atoms with Gasteiger partial charge in [-0.1, -0.05) is 37.3 Å². The van der Waals surface area contributed by atoms with Crippen molar-refractivity contribution in [2.45, 2.75) is 18.9 Å². The monoisotopic (exact) mass is 431 g/mol. The molecule has 0 amide bonds. The molecule has 2 unspecified atom stereocenters. The minimum Gasteiger partial charge on any atom is -0.478 e. The molecule has 0 spiro atoms. The van der Waals surface area contributed by atoms with Gasteiger partial charge in [0.25, 0.3) is 0 Å². The number of hydrogen-bond donors (Lipinski definition) is 0. The summed E-state index contributed by atoms with van der Waals surface area (Å²) in [6.45, 7) is 5.78. The van der Waals surface area contributed by atoms with E-state index in [2.05, 4.69) is 39.0 Å². The van der Waals surface area contributed by atoms with E-state index in [-0.39, 0.29) is 11.9 Å². The Labute approximate surface area is 189 Å². The van der Waals surface area contributed by atoms with Crippen molar-refractivity contribution in [3.8, 4) is 5.75 Å². The lowest BCUT2D eigenvalue weighted by Crippen LogP contribution is -2.46. The third-order valence-electron chi connectivity index (χ3n) is 5.99. The van der Waals surface area contributed by atoms with Gasteiger partial charge in [0.05, 0.1) is 7.11 Å². The van der Waals surface area contributed by atoms with Gasteiger partial charge in [-0.2, -0.15) is 0 Å². The molecule has 0 aliphatic carbocycles. The molecule has 1 saturated heterocycles. The summed E-state index contributed by atoms with van der Waals surface area (Å²) in [5.74, 6) is 0.143. The molecule has 166 valence electrons. The van der Waals surface area contributed by atoms with Crippen LogP contribution in [0.15, 0.2) is 79.1 Å². The topological polar surface area (TPSA) is 54.9 Å². The van der Waals surface area contributed by atoms with Gasteiger partial charge in [0.2, 0.25) is 6.10 Å². The van der Waals surface area contributed by atoms with Crippen molar-refractivity contribution in [2.24, 2.45) is 0 Å². The van der Waals surface area contributed by atoms with Gasteiger partial charge in [0.1, 0.15) is 5.75 Å². The Balaban J connectivity index is 1.40. The minimum absolute atomic E-state index is 0.135. The van der Waals surface area contributed by atoms with Crippen molar-refractivity contribution in [1.82, 2.24) is 4.98 Å². The summed E-state index contributed by atoms with van der Waals surface area (Å²) in [5, 5.41) is 0. The van der Waals surface area contributed by atoms with Crippen LogP contribution in [-0.2, 0) is 9.53 Å². The molecular formula is C26H29N3O3. The Morgan fingerprint density at radius 2 is 1.41 bits per heavy atom. The highest BCUT2D eigenvalue weighted by Gasteiger charge is 2.29. The molecule has 1 aliphatic rings. The smallest absolute Gasteiger partial charge is 0.347 e. The van der Waals surface area contributed by atoms with Crippen molar-refractivity contribution in [3.05, 3.63) is 84.7 Å². The highest BCUT2D eigenvalue weighted by molar-refractivity contribution is 5.76. The summed E-state index contributed by atoms with van der Waals surface area (Å²) in [5.41, 5.74) is 3.40. The van der Waals surface area contributed by atoms with Gasteiger partial charge in [0.15, 0.2) is 0 Å². The van der Waals surface area contributed by atoms with Crippen LogP contribution >= 0.6 is 0 Å². The third kappa shape index (κ3) is 5.02. The molecule has 6 nitrogen and oxygen atoms in total. The minimum atomic E-state index is -0.711. The van der Waals surface area contributed by atoms with E-state index >= 15 is 0 Å². The number of piperazine rings is 1. The van der Waals surface area contributed by atoms with E-state index in [0.717, 1.165) is 37.4 Å². The first-order valence-electron chi connectivity index (χ1n) is 10.9. The molecule has 3 aromatic rings. The molecule has 6 heteroatoms. The number of ether oxygens (including phenoxy) is 2. The first-order valence-corrected chi connectivity index (χ1v) is 10.9. The number of benzene rings is 2. The number of hydrogen-bond acceptors (Lipinski definition) is 6. The summed E-state index contributed by atoms with van der Waals surface area (Å²) in [4.78, 5) is 21.3. The van der Waals surface area contributed by atoms with E-state index in [1.54, 1.807) is 0 Å². The van der Waals surface area contributed by atoms with E-state index in [4.69, 9.17) is 9.47 Å². The Morgan fingerprint density at radius 1 is 0.844 bits per heavy atom. The zero-order valence-electron chi connectivity index (χ0n) is 18.6. The highest BCUT2D eigenvalue weighted by Crippen LogP contribution is 2.27. The molecule has 1 aromatic heterocycles. The van der Waals surface area contributed by atoms with Crippen LogP contribution in [0.3, 0.4) is 0 Å². The van der Waals surface area contributed by atoms with Crippen molar-refractivity contribution in [1.29, 1.82) is 0 Å². The number of carbonyl (C=O) groups excluding carboxylic acids is 1. The van der Waals surface area contributed by atoms with Gasteiger partial charge in [-0.15, -0.1) is 0 Å². The van der Waals surface area contributed by atoms with Gasteiger partial charge >= 0.3 is 5.97 Å². The number of carbonyl (C=O) groups is 1. The Hall–Kier alpha value is -3.54. The lowest BCUT2D eigenvalue weighted by Gasteiger charge is -2.37. The van der Waals surface area contributed by atoms with Crippen LogP contribution in [0.2, 0.25) is 0 Å². The SMILES string of the molecule is COC(=O)C(Oc1ccc(N2CCN(c3ccncc3)CC2)cc1)C(C)c1ccccc1. The summed E-state index contributed by atoms with van der Waals surface area (Å²) in [6.07, 6.45) is 2.96. The summed E-state index contributed by atoms with van der Waals surface area (Å²) < 4.78 is 11.1. The fourth-order valence-corrected chi connectivity index (χ4v) is 4.06. The van der Waals surface area contributed by atoms with Gasteiger partial charge in [0, 0.05) is 55.9 Å². The Bertz CT molecular complexity index is 988. The fourth-order valence-electron chi connectivity index (χ4n) is 4.06. The first kappa shape index (κ1) is 21.7. The molecule has 0 bridgehead atoms. The summed E-state index contributed by atoms with van der Waals surface area (Å²) in [6, 6.07) is 21.9. The Kier molecular flexibility index (Phi) is 6.90. The maximum Gasteiger partial charge on any atom is 0.347 e. The fraction of sp³-hybridized carbons (Fsp3) is 0.308. The number of rotatable bonds is 7. The van der Waals surface area contributed by atoms with Gasteiger partial charge in [-0.05, 0) is 42.0 Å². The predicted octanol–water partition coefficient (Wildman–Crippen LogP) is 4.13. The van der Waals surface area contributed by atoms with Crippen LogP contribution in [0.5, 0.6) is 5.75 Å². The van der Waals surface area contributed by atoms with Crippen molar-refractivity contribution < 1.29 is 14.3 Å². The lowest BCUT2D eigenvalue weighted by atomic mass is 9.95. The third-order valence-corrected chi connectivity index (χ3v) is 5.99. The van der Waals surface area contributed by atoms with E-state index < -0.39 is 6.10 Å². The number of aromatic nitrogens is 1. The molecule has 2 aromatic carbocycles. The average Bonchev–Trinajstić information content (AvgIpc) is 2.88. The molecule has 4 rings (SSSR count). The summed E-state index contributed by atoms with van der Waals surface area (Å²) >= 11 is 0. The van der Waals surface area contributed by atoms with Crippen molar-refractivity contribution >= 4 is 17.3 Å². The normalized spacial score (nSPS) is 15.7. The number of methoxy groups -OCH3 is 1. The van der Waals surface area contributed by atoms with E-state index in [0.29, 0.717) is 5.75 Å². The molecule has 1 aliphatic heterocycles. The van der Waals surface area contributed by atoms with Crippen LogP contribution in [0.25, 0.3) is 0 Å². The van der Waals surface area contributed by atoms with Crippen LogP contribution in [-0.4, -0.2) is 50.3 Å². The second-order valence-corrected chi connectivity index (χ2v) is 7.93. The van der Waals surface area contributed by atoms with Crippen LogP contribution < -0.4 is 14.5 Å². The second-order valence-electron chi connectivity index (χ2n) is 7.93. The van der Waals surface area contributed by atoms with E-state index in [9.17, 15) is 4.79 Å². The summed E-state index contributed by atoms with van der Waals surface area (Å²) in [7, 11) is 1.39. The van der Waals surface area contributed by atoms with E-state index in [1.165, 1.54) is 12.8 Å². The lowest BCUT2D eigenvalue weighted by molar-refractivity contribution is -0.149. The maximum atomic E-state index is 12.4. The largest absolute Gasteiger partial charge is 0.478 e. The molecule has 0 radical (unpaired) electrons. The molecule has 2 atom stereocenters. The zero-order chi connectivity index (χ0) is 22.3. The number of esters is 1. The van der Waals surface area contributed by atoms with Crippen LogP contribution in [0.1, 0.15) is 18.4 Å². The standard InChI is InChI=1S/C26H29N3O3/c1-20(21-6-4-3-5-7-21)25(26(30)31-2)32-24-10-8-22(9-11-24)28-16-18-29(19-17-28)23-12-14-27-15-13-23/h3-15,20,25H,16-19H2,1-2H3. The van der Waals surface area contributed by atoms with Gasteiger partial charge < -0.3 is 19.3 Å². The second kappa shape index (κ2) is 10.2. The molecule has 32 heavy (non-hydrogen) atoms. The average molecular weight is 432 g/mol. The van der Waals surface area contributed by atoms with Crippen LogP contribution in [0.4, 0.5) is 11.4 Å². The number of pyridine rings is 1. The number of anilines is 2. The first-order chi connectivity index (χ1) is 15.7. The van der Waals surface area contributed by atoms with Crippen LogP contribution in [0, 0.1) is 0 Å². The highest BCUT2D eigenvalue weighted by atomic mass is 16.6. The van der Waals surface area contributed by atoms with E-state index in [1.807, 2.05) is 61.8 Å². The quantitative estimate of drug-likeness (QED) is 0.524. The van der Waals surface area contributed by atoms with Gasteiger partial charge in [-0.3, -0.25) is 4.98 Å². The number of nitrogens with zero attached hydrogens (tertiary/aromatic N) is 3. The van der Waals surface area contributed by atoms with Gasteiger partial charge in [-0.25, -0.2) is 4.79 Å². The zero-order valence-corrected chi connectivity index (χ0v) is 18.6. The van der Waals surface area contributed by atoms with Crippen molar-refractivity contribution in [3.63, 3.8) is 0 Å². The predicted molar refractivity (Wildman–Crippen MR) is 126 cm³/mol. The molecule has 1 fully saturated rings. The molecule has 0 N–H and O–H groups in total. The molecular weight excluding hydrogens is 402 g/mol.